The molecule has 0 radical (unpaired) electrons. The van der Waals surface area contributed by atoms with Gasteiger partial charge in [-0.15, -0.1) is 0 Å². The molecule has 0 saturated heterocycles. The average Bonchev–Trinajstić information content (AvgIpc) is 2.73. The second-order valence-electron chi connectivity index (χ2n) is 4.33. The summed E-state index contributed by atoms with van der Waals surface area (Å²) in [7, 11) is 1.27. The first kappa shape index (κ1) is 15.6. The number of nitriles is 1. The molecular weight excluding hydrogens is 402 g/mol. The van der Waals surface area contributed by atoms with Gasteiger partial charge in [0.25, 0.3) is 0 Å². The molecule has 1 aromatic heterocycles. The van der Waals surface area contributed by atoms with Crippen molar-refractivity contribution in [1.29, 1.82) is 5.26 Å². The number of carbonyl (C=O) groups excluding carboxylic acids is 1. The van der Waals surface area contributed by atoms with Crippen molar-refractivity contribution in [2.75, 3.05) is 12.8 Å². The number of ether oxygens (including phenoxy) is 1. The molecule has 2 aromatic rings. The number of hydrogen-bond donors (Lipinski definition) is 1. The number of anilines is 1. The van der Waals surface area contributed by atoms with Gasteiger partial charge in [0.05, 0.1) is 24.0 Å². The van der Waals surface area contributed by atoms with Gasteiger partial charge in [0, 0.05) is 15.1 Å². The second-order valence-corrected chi connectivity index (χ2v) is 6.10. The Morgan fingerprint density at radius 2 is 2.10 bits per heavy atom. The van der Waals surface area contributed by atoms with E-state index in [4.69, 9.17) is 15.7 Å². The molecule has 0 spiro atoms. The Morgan fingerprint density at radius 1 is 1.43 bits per heavy atom. The van der Waals surface area contributed by atoms with Gasteiger partial charge < -0.3 is 15.0 Å². The van der Waals surface area contributed by atoms with Crippen LogP contribution in [0.25, 0.3) is 5.69 Å². The predicted octanol–water partition coefficient (Wildman–Crippen LogP) is 3.55. The van der Waals surface area contributed by atoms with E-state index in [2.05, 4.69) is 31.9 Å². The minimum atomic E-state index is -0.594. The smallest absolute Gasteiger partial charge is 0.357 e. The van der Waals surface area contributed by atoms with Crippen LogP contribution in [0.5, 0.6) is 0 Å². The van der Waals surface area contributed by atoms with Crippen LogP contribution in [-0.4, -0.2) is 17.6 Å². The lowest BCUT2D eigenvalue weighted by Gasteiger charge is -2.14. The molecule has 2 N–H and O–H groups in total. The van der Waals surface area contributed by atoms with Crippen molar-refractivity contribution in [3.8, 4) is 11.8 Å². The highest BCUT2D eigenvalue weighted by molar-refractivity contribution is 9.11. The lowest BCUT2D eigenvalue weighted by atomic mass is 10.2. The third kappa shape index (κ3) is 2.69. The van der Waals surface area contributed by atoms with E-state index >= 15 is 0 Å². The summed E-state index contributed by atoms with van der Waals surface area (Å²) in [5, 5.41) is 9.13. The number of esters is 1. The molecule has 21 heavy (non-hydrogen) atoms. The first-order chi connectivity index (χ1) is 9.90. The molecule has 0 bridgehead atoms. The second kappa shape index (κ2) is 5.92. The Bertz CT molecular complexity index is 752. The van der Waals surface area contributed by atoms with Gasteiger partial charge in [-0.1, -0.05) is 15.9 Å². The van der Waals surface area contributed by atoms with Gasteiger partial charge in [-0.25, -0.2) is 4.79 Å². The van der Waals surface area contributed by atoms with E-state index in [1.807, 2.05) is 25.1 Å². The number of nitrogens with two attached hydrogens (primary N) is 1. The molecule has 0 unspecified atom stereocenters. The number of halogens is 2. The first-order valence-corrected chi connectivity index (χ1v) is 7.44. The summed E-state index contributed by atoms with van der Waals surface area (Å²) in [5.74, 6) is -0.594. The molecule has 0 atom stereocenters. The van der Waals surface area contributed by atoms with Gasteiger partial charge in [0.15, 0.2) is 5.69 Å². The minimum absolute atomic E-state index is 0.110. The predicted molar refractivity (Wildman–Crippen MR) is 86.4 cm³/mol. The van der Waals surface area contributed by atoms with Gasteiger partial charge >= 0.3 is 5.97 Å². The standard InChI is InChI=1S/C14H11Br2N3O2/c1-7-3-9(15)4-10(16)12(7)19-6-8(5-17)11(18)13(19)14(20)21-2/h3-4,6H,18H2,1-2H3. The fourth-order valence-electron chi connectivity index (χ4n) is 2.09. The molecule has 2 rings (SSSR count). The summed E-state index contributed by atoms with van der Waals surface area (Å²) in [5.41, 5.74) is 8.00. The Labute approximate surface area is 138 Å². The highest BCUT2D eigenvalue weighted by Gasteiger charge is 2.23. The van der Waals surface area contributed by atoms with E-state index in [1.54, 1.807) is 4.57 Å². The maximum Gasteiger partial charge on any atom is 0.357 e. The fourth-order valence-corrected chi connectivity index (χ4v) is 3.72. The van der Waals surface area contributed by atoms with Crippen LogP contribution in [0.2, 0.25) is 0 Å². The number of aromatic nitrogens is 1. The molecule has 0 fully saturated rings. The first-order valence-electron chi connectivity index (χ1n) is 5.86. The van der Waals surface area contributed by atoms with E-state index in [-0.39, 0.29) is 16.9 Å². The highest BCUT2D eigenvalue weighted by Crippen LogP contribution is 2.33. The van der Waals surface area contributed by atoms with Crippen LogP contribution in [0.1, 0.15) is 21.6 Å². The van der Waals surface area contributed by atoms with E-state index < -0.39 is 5.97 Å². The molecule has 5 nitrogen and oxygen atoms in total. The highest BCUT2D eigenvalue weighted by atomic mass is 79.9. The fraction of sp³-hybridized carbons (Fsp3) is 0.143. The van der Waals surface area contributed by atoms with Crippen molar-refractivity contribution < 1.29 is 9.53 Å². The monoisotopic (exact) mass is 411 g/mol. The van der Waals surface area contributed by atoms with Crippen LogP contribution in [0.3, 0.4) is 0 Å². The van der Waals surface area contributed by atoms with Crippen molar-refractivity contribution in [3.63, 3.8) is 0 Å². The summed E-state index contributed by atoms with van der Waals surface area (Å²) >= 11 is 6.88. The average molecular weight is 413 g/mol. The summed E-state index contributed by atoms with van der Waals surface area (Å²) in [6.07, 6.45) is 1.53. The third-order valence-corrected chi connectivity index (χ3v) is 4.07. The van der Waals surface area contributed by atoms with Gasteiger partial charge in [0.1, 0.15) is 6.07 Å². The summed E-state index contributed by atoms with van der Waals surface area (Å²) in [6.45, 7) is 1.90. The number of hydrogen-bond acceptors (Lipinski definition) is 4. The number of benzene rings is 1. The third-order valence-electron chi connectivity index (χ3n) is 3.00. The molecular formula is C14H11Br2N3O2. The lowest BCUT2D eigenvalue weighted by molar-refractivity contribution is 0.0593. The van der Waals surface area contributed by atoms with Crippen LogP contribution in [0, 0.1) is 18.3 Å². The van der Waals surface area contributed by atoms with Gasteiger partial charge in [0.2, 0.25) is 0 Å². The SMILES string of the molecule is COC(=O)c1c(N)c(C#N)cn1-c1c(C)cc(Br)cc1Br. The minimum Gasteiger partial charge on any atom is -0.464 e. The number of nitrogen functional groups attached to an aromatic ring is 1. The molecule has 0 saturated carbocycles. The van der Waals surface area contributed by atoms with Crippen molar-refractivity contribution in [2.45, 2.75) is 6.92 Å². The number of rotatable bonds is 2. The molecule has 108 valence electrons. The summed E-state index contributed by atoms with van der Waals surface area (Å²) in [6, 6.07) is 5.74. The number of aryl methyl sites for hydroxylation is 1. The number of nitrogens with zero attached hydrogens (tertiary/aromatic N) is 2. The van der Waals surface area contributed by atoms with Crippen molar-refractivity contribution in [1.82, 2.24) is 4.57 Å². The Balaban J connectivity index is 2.82. The topological polar surface area (TPSA) is 81.0 Å². The van der Waals surface area contributed by atoms with E-state index in [9.17, 15) is 4.79 Å². The Hall–Kier alpha value is -1.78. The zero-order valence-corrected chi connectivity index (χ0v) is 14.4. The lowest BCUT2D eigenvalue weighted by Crippen LogP contribution is -2.12. The number of carbonyl (C=O) groups is 1. The number of methoxy groups -OCH3 is 1. The van der Waals surface area contributed by atoms with E-state index in [0.717, 1.165) is 20.2 Å². The molecule has 0 aliphatic carbocycles. The maximum atomic E-state index is 12.0. The van der Waals surface area contributed by atoms with Crippen LogP contribution >= 0.6 is 31.9 Å². The summed E-state index contributed by atoms with van der Waals surface area (Å²) in [4.78, 5) is 12.0. The van der Waals surface area contributed by atoms with Gasteiger partial charge in [-0.3, -0.25) is 0 Å². The molecule has 7 heteroatoms. The quantitative estimate of drug-likeness (QED) is 0.764. The molecule has 0 aliphatic heterocycles. The zero-order valence-electron chi connectivity index (χ0n) is 11.3. The molecule has 0 aliphatic rings. The van der Waals surface area contributed by atoms with Crippen molar-refractivity contribution in [3.05, 3.63) is 44.1 Å². The van der Waals surface area contributed by atoms with Crippen LogP contribution in [0.4, 0.5) is 5.69 Å². The van der Waals surface area contributed by atoms with Gasteiger partial charge in [-0.05, 0) is 40.5 Å². The Kier molecular flexibility index (Phi) is 4.40. The normalized spacial score (nSPS) is 10.2. The van der Waals surface area contributed by atoms with Crippen LogP contribution in [-0.2, 0) is 4.74 Å². The van der Waals surface area contributed by atoms with E-state index in [0.29, 0.717) is 0 Å². The summed E-state index contributed by atoms with van der Waals surface area (Å²) < 4.78 is 8.00. The largest absolute Gasteiger partial charge is 0.464 e. The van der Waals surface area contributed by atoms with Crippen molar-refractivity contribution >= 4 is 43.5 Å². The zero-order chi connectivity index (χ0) is 15.7. The maximum absolute atomic E-state index is 12.0. The van der Waals surface area contributed by atoms with Crippen LogP contribution < -0.4 is 5.73 Å². The molecule has 0 amide bonds. The molecule has 1 aromatic carbocycles. The van der Waals surface area contributed by atoms with Crippen LogP contribution in [0.15, 0.2) is 27.3 Å². The van der Waals surface area contributed by atoms with Crippen molar-refractivity contribution in [2.24, 2.45) is 0 Å². The van der Waals surface area contributed by atoms with E-state index in [1.165, 1.54) is 13.3 Å². The van der Waals surface area contributed by atoms with Gasteiger partial charge in [-0.2, -0.15) is 5.26 Å². The Morgan fingerprint density at radius 3 is 2.62 bits per heavy atom. The molecule has 1 heterocycles.